The number of hydrogen-bond donors (Lipinski definition) is 0. The summed E-state index contributed by atoms with van der Waals surface area (Å²) < 4.78 is 6.79. The summed E-state index contributed by atoms with van der Waals surface area (Å²) in [5.74, 6) is 0.743. The molecule has 0 aliphatic carbocycles. The predicted octanol–water partition coefficient (Wildman–Crippen LogP) is 3.65. The zero-order chi connectivity index (χ0) is 18.7. The molecule has 3 aromatic rings. The van der Waals surface area contributed by atoms with Gasteiger partial charge in [-0.05, 0) is 78.7 Å². The Hall–Kier alpha value is -2.67. The van der Waals surface area contributed by atoms with Gasteiger partial charge in [-0.15, -0.1) is 5.10 Å². The van der Waals surface area contributed by atoms with Gasteiger partial charge in [-0.25, -0.2) is 0 Å². The number of aryl methyl sites for hydroxylation is 2. The summed E-state index contributed by atoms with van der Waals surface area (Å²) in [4.78, 5) is 12.7. The lowest BCUT2D eigenvalue weighted by Gasteiger charge is -2.11. The fraction of sp³-hybridized carbons (Fsp3) is 0.263. The number of carbonyl (C=O) groups excluding carboxylic acids is 1. The van der Waals surface area contributed by atoms with Crippen molar-refractivity contribution in [2.75, 3.05) is 7.11 Å². The van der Waals surface area contributed by atoms with E-state index in [9.17, 15) is 4.79 Å². The van der Waals surface area contributed by atoms with E-state index in [0.717, 1.165) is 17.0 Å². The van der Waals surface area contributed by atoms with Crippen LogP contribution in [-0.2, 0) is 0 Å². The largest absolute Gasteiger partial charge is 0.497 e. The van der Waals surface area contributed by atoms with Crippen LogP contribution in [0.25, 0.3) is 5.69 Å². The summed E-state index contributed by atoms with van der Waals surface area (Å²) in [6, 6.07) is 13.1. The number of carbonyl (C=O) groups is 1. The van der Waals surface area contributed by atoms with Crippen LogP contribution >= 0.6 is 11.8 Å². The van der Waals surface area contributed by atoms with Crippen LogP contribution in [0, 0.1) is 13.8 Å². The number of ketones is 1. The molecule has 0 fully saturated rings. The van der Waals surface area contributed by atoms with Gasteiger partial charge in [0.05, 0.1) is 18.0 Å². The molecule has 3 rings (SSSR count). The van der Waals surface area contributed by atoms with E-state index in [4.69, 9.17) is 4.74 Å². The van der Waals surface area contributed by atoms with Gasteiger partial charge in [0.25, 0.3) is 0 Å². The van der Waals surface area contributed by atoms with Crippen LogP contribution in [0.1, 0.15) is 28.4 Å². The molecule has 0 amide bonds. The number of thioether (sulfide) groups is 1. The Morgan fingerprint density at radius 1 is 1.12 bits per heavy atom. The van der Waals surface area contributed by atoms with Crippen molar-refractivity contribution in [3.05, 3.63) is 59.2 Å². The summed E-state index contributed by atoms with van der Waals surface area (Å²) in [5.41, 5.74) is 3.89. The van der Waals surface area contributed by atoms with Gasteiger partial charge in [0.1, 0.15) is 5.75 Å². The lowest BCUT2D eigenvalue weighted by atomic mass is 10.1. The van der Waals surface area contributed by atoms with E-state index in [-0.39, 0.29) is 11.0 Å². The van der Waals surface area contributed by atoms with Crippen LogP contribution in [0.3, 0.4) is 0 Å². The molecular formula is C19H20N4O2S. The predicted molar refractivity (Wildman–Crippen MR) is 101 cm³/mol. The first-order valence-corrected chi connectivity index (χ1v) is 9.08. The third-order valence-corrected chi connectivity index (χ3v) is 5.23. The van der Waals surface area contributed by atoms with E-state index < -0.39 is 0 Å². The lowest BCUT2D eigenvalue weighted by molar-refractivity contribution is 0.0994. The highest BCUT2D eigenvalue weighted by Gasteiger charge is 2.20. The molecule has 0 bridgehead atoms. The molecule has 0 N–H and O–H groups in total. The standard InChI is InChI=1S/C19H20N4O2S/c1-12-5-8-16(11-13(12)2)23-19(20-21-22-23)26-14(3)18(24)15-6-9-17(25-4)10-7-15/h5-11,14H,1-4H3/t14-/m1/s1. The first-order chi connectivity index (χ1) is 12.5. The smallest absolute Gasteiger partial charge is 0.214 e. The Bertz CT molecular complexity index is 922. The molecule has 0 aliphatic rings. The number of aromatic nitrogens is 4. The lowest BCUT2D eigenvalue weighted by Crippen LogP contribution is -2.14. The molecule has 0 spiro atoms. The molecule has 7 heteroatoms. The summed E-state index contributed by atoms with van der Waals surface area (Å²) in [6.07, 6.45) is 0. The molecule has 1 aromatic heterocycles. The van der Waals surface area contributed by atoms with Gasteiger partial charge in [-0.2, -0.15) is 4.68 Å². The SMILES string of the molecule is COc1ccc(C(=O)[C@@H](C)Sc2nnnn2-c2ccc(C)c(C)c2)cc1. The van der Waals surface area contributed by atoms with E-state index in [1.165, 1.54) is 17.3 Å². The van der Waals surface area contributed by atoms with Crippen molar-refractivity contribution in [3.8, 4) is 11.4 Å². The molecule has 0 aliphatic heterocycles. The minimum Gasteiger partial charge on any atom is -0.497 e. The number of tetrazole rings is 1. The molecule has 134 valence electrons. The highest BCUT2D eigenvalue weighted by atomic mass is 32.2. The van der Waals surface area contributed by atoms with Crippen LogP contribution in [-0.4, -0.2) is 38.4 Å². The van der Waals surface area contributed by atoms with Crippen molar-refractivity contribution in [2.24, 2.45) is 0 Å². The van der Waals surface area contributed by atoms with Crippen LogP contribution in [0.4, 0.5) is 0 Å². The molecule has 0 saturated carbocycles. The van der Waals surface area contributed by atoms with Crippen LogP contribution < -0.4 is 4.74 Å². The van der Waals surface area contributed by atoms with E-state index in [1.54, 1.807) is 36.1 Å². The van der Waals surface area contributed by atoms with Gasteiger partial charge in [0.15, 0.2) is 5.78 Å². The number of nitrogens with zero attached hydrogens (tertiary/aromatic N) is 4. The van der Waals surface area contributed by atoms with Crippen molar-refractivity contribution in [1.82, 2.24) is 20.2 Å². The Labute approximate surface area is 156 Å². The maximum atomic E-state index is 12.7. The Morgan fingerprint density at radius 3 is 2.50 bits per heavy atom. The van der Waals surface area contributed by atoms with Gasteiger partial charge >= 0.3 is 0 Å². The Kier molecular flexibility index (Phi) is 5.37. The van der Waals surface area contributed by atoms with Gasteiger partial charge in [0, 0.05) is 5.56 Å². The van der Waals surface area contributed by atoms with Gasteiger partial charge in [0.2, 0.25) is 5.16 Å². The minimum atomic E-state index is -0.320. The molecule has 0 saturated heterocycles. The zero-order valence-corrected chi connectivity index (χ0v) is 15.9. The number of rotatable bonds is 6. The molecule has 1 heterocycles. The first kappa shape index (κ1) is 18.1. The fourth-order valence-corrected chi connectivity index (χ4v) is 3.36. The molecule has 2 aromatic carbocycles. The first-order valence-electron chi connectivity index (χ1n) is 8.20. The van der Waals surface area contributed by atoms with Gasteiger partial charge in [-0.1, -0.05) is 17.8 Å². The normalized spacial score (nSPS) is 12.0. The number of methoxy groups -OCH3 is 1. The molecular weight excluding hydrogens is 348 g/mol. The molecule has 26 heavy (non-hydrogen) atoms. The van der Waals surface area contributed by atoms with Gasteiger partial charge in [-0.3, -0.25) is 4.79 Å². The maximum Gasteiger partial charge on any atom is 0.214 e. The van der Waals surface area contributed by atoms with Crippen LogP contribution in [0.5, 0.6) is 5.75 Å². The second-order valence-electron chi connectivity index (χ2n) is 5.99. The number of ether oxygens (including phenoxy) is 1. The van der Waals surface area contributed by atoms with E-state index in [0.29, 0.717) is 10.7 Å². The third kappa shape index (κ3) is 3.77. The Morgan fingerprint density at radius 2 is 1.85 bits per heavy atom. The van der Waals surface area contributed by atoms with Crippen molar-refractivity contribution >= 4 is 17.5 Å². The Balaban J connectivity index is 1.79. The quantitative estimate of drug-likeness (QED) is 0.489. The summed E-state index contributed by atoms with van der Waals surface area (Å²) in [5, 5.41) is 12.2. The summed E-state index contributed by atoms with van der Waals surface area (Å²) in [6.45, 7) is 5.96. The van der Waals surface area contributed by atoms with Crippen molar-refractivity contribution in [1.29, 1.82) is 0 Å². The highest BCUT2D eigenvalue weighted by molar-refractivity contribution is 8.00. The summed E-state index contributed by atoms with van der Waals surface area (Å²) in [7, 11) is 1.60. The van der Waals surface area contributed by atoms with E-state index in [1.807, 2.05) is 32.0 Å². The van der Waals surface area contributed by atoms with Crippen molar-refractivity contribution in [3.63, 3.8) is 0 Å². The van der Waals surface area contributed by atoms with Crippen molar-refractivity contribution < 1.29 is 9.53 Å². The van der Waals surface area contributed by atoms with E-state index in [2.05, 4.69) is 22.4 Å². The minimum absolute atomic E-state index is 0.0206. The number of hydrogen-bond acceptors (Lipinski definition) is 6. The summed E-state index contributed by atoms with van der Waals surface area (Å²) >= 11 is 1.34. The zero-order valence-electron chi connectivity index (χ0n) is 15.1. The number of benzene rings is 2. The molecule has 0 radical (unpaired) electrons. The molecule has 0 unspecified atom stereocenters. The molecule has 6 nitrogen and oxygen atoms in total. The van der Waals surface area contributed by atoms with Crippen LogP contribution in [0.15, 0.2) is 47.6 Å². The third-order valence-electron chi connectivity index (χ3n) is 4.20. The van der Waals surface area contributed by atoms with Gasteiger partial charge < -0.3 is 4.74 Å². The monoisotopic (exact) mass is 368 g/mol. The second kappa shape index (κ2) is 7.70. The fourth-order valence-electron chi connectivity index (χ4n) is 2.47. The molecule has 1 atom stereocenters. The maximum absolute atomic E-state index is 12.7. The van der Waals surface area contributed by atoms with Crippen LogP contribution in [0.2, 0.25) is 0 Å². The number of Topliss-reactive ketones (excluding diaryl/α,β-unsaturated/α-hetero) is 1. The average molecular weight is 368 g/mol. The second-order valence-corrected chi connectivity index (χ2v) is 7.30. The topological polar surface area (TPSA) is 69.9 Å². The average Bonchev–Trinajstić information content (AvgIpc) is 3.11. The highest BCUT2D eigenvalue weighted by Crippen LogP contribution is 2.26. The van der Waals surface area contributed by atoms with Crippen molar-refractivity contribution in [2.45, 2.75) is 31.2 Å². The van der Waals surface area contributed by atoms with E-state index >= 15 is 0 Å².